The van der Waals surface area contributed by atoms with Crippen molar-refractivity contribution in [2.45, 2.75) is 19.2 Å². The molecule has 1 aliphatic rings. The van der Waals surface area contributed by atoms with Crippen molar-refractivity contribution in [3.05, 3.63) is 65.0 Å². The average Bonchev–Trinajstić information content (AvgIpc) is 2.99. The zero-order chi connectivity index (χ0) is 16.4. The van der Waals surface area contributed by atoms with Crippen molar-refractivity contribution in [3.63, 3.8) is 0 Å². The van der Waals surface area contributed by atoms with E-state index in [0.717, 1.165) is 11.3 Å². The molecule has 2 amide bonds. The Morgan fingerprint density at radius 1 is 1.26 bits per heavy atom. The molecule has 1 unspecified atom stereocenters. The number of nitrogens with one attached hydrogen (secondary N) is 1. The maximum absolute atomic E-state index is 13.7. The van der Waals surface area contributed by atoms with E-state index in [1.165, 1.54) is 17.2 Å². The SMILES string of the molecule is Cc1ccc(C2SCCN2C(=O)Nc2ccccc2F)c(C)c1. The Morgan fingerprint density at radius 3 is 2.78 bits per heavy atom. The quantitative estimate of drug-likeness (QED) is 0.864. The summed E-state index contributed by atoms with van der Waals surface area (Å²) >= 11 is 1.74. The molecule has 2 aromatic rings. The number of nitrogens with zero attached hydrogens (tertiary/aromatic N) is 1. The first-order valence-electron chi connectivity index (χ1n) is 7.57. The Balaban J connectivity index is 1.81. The molecule has 23 heavy (non-hydrogen) atoms. The van der Waals surface area contributed by atoms with E-state index < -0.39 is 5.82 Å². The Morgan fingerprint density at radius 2 is 2.04 bits per heavy atom. The molecule has 5 heteroatoms. The Labute approximate surface area is 139 Å². The normalized spacial score (nSPS) is 17.3. The number of para-hydroxylation sites is 1. The minimum absolute atomic E-state index is 0.0256. The predicted octanol–water partition coefficient (Wildman–Crippen LogP) is 4.72. The van der Waals surface area contributed by atoms with Gasteiger partial charge in [0.15, 0.2) is 0 Å². The molecule has 1 saturated heterocycles. The molecule has 120 valence electrons. The van der Waals surface area contributed by atoms with Gasteiger partial charge in [0.2, 0.25) is 0 Å². The number of hydrogen-bond donors (Lipinski definition) is 1. The standard InChI is InChI=1S/C18H19FN2OS/c1-12-7-8-14(13(2)11-12)17-21(9-10-23-17)18(22)20-16-6-4-3-5-15(16)19/h3-8,11,17H,9-10H2,1-2H3,(H,20,22). The fourth-order valence-corrected chi connectivity index (χ4v) is 4.14. The lowest BCUT2D eigenvalue weighted by molar-refractivity contribution is 0.214. The van der Waals surface area contributed by atoms with Gasteiger partial charge in [-0.2, -0.15) is 0 Å². The van der Waals surface area contributed by atoms with E-state index in [0.29, 0.717) is 6.54 Å². The van der Waals surface area contributed by atoms with Crippen LogP contribution in [0, 0.1) is 19.7 Å². The van der Waals surface area contributed by atoms with Crippen LogP contribution >= 0.6 is 11.8 Å². The monoisotopic (exact) mass is 330 g/mol. The Kier molecular flexibility index (Phi) is 4.57. The van der Waals surface area contributed by atoms with E-state index in [1.54, 1.807) is 34.9 Å². The molecule has 0 spiro atoms. The van der Waals surface area contributed by atoms with Crippen LogP contribution in [0.5, 0.6) is 0 Å². The van der Waals surface area contributed by atoms with E-state index in [-0.39, 0.29) is 17.1 Å². The van der Waals surface area contributed by atoms with Gasteiger partial charge in [-0.25, -0.2) is 9.18 Å². The van der Waals surface area contributed by atoms with E-state index in [2.05, 4.69) is 37.4 Å². The number of hydrogen-bond acceptors (Lipinski definition) is 2. The van der Waals surface area contributed by atoms with Gasteiger partial charge < -0.3 is 10.2 Å². The largest absolute Gasteiger partial charge is 0.323 e. The number of benzene rings is 2. The summed E-state index contributed by atoms with van der Waals surface area (Å²) in [7, 11) is 0. The number of thioether (sulfide) groups is 1. The highest BCUT2D eigenvalue weighted by Crippen LogP contribution is 2.39. The van der Waals surface area contributed by atoms with Crippen molar-refractivity contribution in [2.24, 2.45) is 0 Å². The molecule has 0 bridgehead atoms. The lowest BCUT2D eigenvalue weighted by Gasteiger charge is -2.26. The summed E-state index contributed by atoms with van der Waals surface area (Å²) in [6.07, 6.45) is 0. The maximum Gasteiger partial charge on any atom is 0.323 e. The molecule has 0 aliphatic carbocycles. The van der Waals surface area contributed by atoms with Gasteiger partial charge >= 0.3 is 6.03 Å². The molecule has 1 aliphatic heterocycles. The Hall–Kier alpha value is -2.01. The van der Waals surface area contributed by atoms with Crippen LogP contribution in [-0.4, -0.2) is 23.2 Å². The highest BCUT2D eigenvalue weighted by atomic mass is 32.2. The lowest BCUT2D eigenvalue weighted by Crippen LogP contribution is -2.34. The van der Waals surface area contributed by atoms with Crippen molar-refractivity contribution in [1.82, 2.24) is 4.90 Å². The van der Waals surface area contributed by atoms with Gasteiger partial charge in [0, 0.05) is 12.3 Å². The lowest BCUT2D eigenvalue weighted by atomic mass is 10.1. The van der Waals surface area contributed by atoms with E-state index in [4.69, 9.17) is 0 Å². The summed E-state index contributed by atoms with van der Waals surface area (Å²) in [6, 6.07) is 12.2. The third kappa shape index (κ3) is 3.34. The molecule has 3 nitrogen and oxygen atoms in total. The third-order valence-electron chi connectivity index (χ3n) is 3.96. The highest BCUT2D eigenvalue weighted by molar-refractivity contribution is 7.99. The van der Waals surface area contributed by atoms with Gasteiger partial charge in [-0.3, -0.25) is 0 Å². The van der Waals surface area contributed by atoms with Gasteiger partial charge in [-0.1, -0.05) is 35.9 Å². The summed E-state index contributed by atoms with van der Waals surface area (Å²) in [5, 5.41) is 2.66. The number of carbonyl (C=O) groups excluding carboxylic acids is 1. The topological polar surface area (TPSA) is 32.3 Å². The molecule has 1 N–H and O–H groups in total. The number of carbonyl (C=O) groups is 1. The summed E-state index contributed by atoms with van der Waals surface area (Å²) in [5.74, 6) is 0.457. The van der Waals surface area contributed by atoms with Gasteiger partial charge in [0.25, 0.3) is 0 Å². The molecule has 1 heterocycles. The number of aryl methyl sites for hydroxylation is 2. The minimum Gasteiger partial charge on any atom is -0.308 e. The van der Waals surface area contributed by atoms with Crippen molar-refractivity contribution in [1.29, 1.82) is 0 Å². The zero-order valence-electron chi connectivity index (χ0n) is 13.2. The molecule has 1 atom stereocenters. The van der Waals surface area contributed by atoms with Crippen LogP contribution in [0.25, 0.3) is 0 Å². The zero-order valence-corrected chi connectivity index (χ0v) is 14.0. The van der Waals surface area contributed by atoms with Crippen LogP contribution in [-0.2, 0) is 0 Å². The number of rotatable bonds is 2. The van der Waals surface area contributed by atoms with Crippen molar-refractivity contribution >= 4 is 23.5 Å². The molecule has 1 fully saturated rings. The fourth-order valence-electron chi connectivity index (χ4n) is 2.79. The van der Waals surface area contributed by atoms with Crippen LogP contribution in [0.15, 0.2) is 42.5 Å². The second kappa shape index (κ2) is 6.62. The summed E-state index contributed by atoms with van der Waals surface area (Å²) in [5.41, 5.74) is 3.74. The van der Waals surface area contributed by atoms with Crippen LogP contribution in [0.1, 0.15) is 22.1 Å². The molecule has 0 saturated carbocycles. The summed E-state index contributed by atoms with van der Waals surface area (Å²) in [6.45, 7) is 4.78. The van der Waals surface area contributed by atoms with E-state index in [1.807, 2.05) is 0 Å². The van der Waals surface area contributed by atoms with Crippen LogP contribution in [0.3, 0.4) is 0 Å². The van der Waals surface area contributed by atoms with Gasteiger partial charge in [0.1, 0.15) is 11.2 Å². The molecule has 2 aromatic carbocycles. The number of urea groups is 1. The van der Waals surface area contributed by atoms with Crippen LogP contribution < -0.4 is 5.32 Å². The first-order valence-corrected chi connectivity index (χ1v) is 8.62. The number of halogens is 1. The Bertz CT molecular complexity index is 735. The van der Waals surface area contributed by atoms with Crippen molar-refractivity contribution in [2.75, 3.05) is 17.6 Å². The third-order valence-corrected chi connectivity index (χ3v) is 5.20. The predicted molar refractivity (Wildman–Crippen MR) is 93.2 cm³/mol. The molecular weight excluding hydrogens is 311 g/mol. The highest BCUT2D eigenvalue weighted by Gasteiger charge is 2.31. The number of amides is 2. The van der Waals surface area contributed by atoms with Gasteiger partial charge in [-0.15, -0.1) is 11.8 Å². The van der Waals surface area contributed by atoms with E-state index >= 15 is 0 Å². The van der Waals surface area contributed by atoms with Gasteiger partial charge in [-0.05, 0) is 37.1 Å². The summed E-state index contributed by atoms with van der Waals surface area (Å²) in [4.78, 5) is 14.3. The van der Waals surface area contributed by atoms with Gasteiger partial charge in [0.05, 0.1) is 5.69 Å². The first kappa shape index (κ1) is 15.9. The van der Waals surface area contributed by atoms with Crippen LogP contribution in [0.2, 0.25) is 0 Å². The first-order chi connectivity index (χ1) is 11.1. The fraction of sp³-hybridized carbons (Fsp3) is 0.278. The molecule has 3 rings (SSSR count). The molecule has 0 radical (unpaired) electrons. The van der Waals surface area contributed by atoms with E-state index in [9.17, 15) is 9.18 Å². The van der Waals surface area contributed by atoms with Crippen LogP contribution in [0.4, 0.5) is 14.9 Å². The summed E-state index contributed by atoms with van der Waals surface area (Å²) < 4.78 is 13.7. The van der Waals surface area contributed by atoms with Crippen molar-refractivity contribution in [3.8, 4) is 0 Å². The smallest absolute Gasteiger partial charge is 0.308 e. The molecular formula is C18H19FN2OS. The maximum atomic E-state index is 13.7. The molecule has 0 aromatic heterocycles. The number of anilines is 1. The minimum atomic E-state index is -0.421. The second-order valence-corrected chi connectivity index (χ2v) is 6.87. The second-order valence-electron chi connectivity index (χ2n) is 5.69. The van der Waals surface area contributed by atoms with Crippen molar-refractivity contribution < 1.29 is 9.18 Å². The average molecular weight is 330 g/mol.